The van der Waals surface area contributed by atoms with E-state index >= 15 is 0 Å². The van der Waals surface area contributed by atoms with Gasteiger partial charge >= 0.3 is 0 Å². The van der Waals surface area contributed by atoms with Gasteiger partial charge in [0.15, 0.2) is 0 Å². The molecule has 3 N–H and O–H groups in total. The molecule has 3 rings (SSSR count). The Morgan fingerprint density at radius 3 is 2.24 bits per heavy atom. The van der Waals surface area contributed by atoms with Gasteiger partial charge in [0.25, 0.3) is 5.91 Å². The van der Waals surface area contributed by atoms with Gasteiger partial charge in [-0.2, -0.15) is 0 Å². The van der Waals surface area contributed by atoms with Crippen LogP contribution in [0.5, 0.6) is 0 Å². The fourth-order valence-corrected chi connectivity index (χ4v) is 3.10. The van der Waals surface area contributed by atoms with Crippen molar-refractivity contribution in [2.45, 2.75) is 26.2 Å². The molecule has 130 valence electrons. The summed E-state index contributed by atoms with van der Waals surface area (Å²) in [7, 11) is 0. The molecule has 0 atom stereocenters. The summed E-state index contributed by atoms with van der Waals surface area (Å²) in [6.07, 6.45) is 3.48. The summed E-state index contributed by atoms with van der Waals surface area (Å²) < 4.78 is 0. The van der Waals surface area contributed by atoms with Crippen LogP contribution in [-0.2, 0) is 0 Å². The maximum absolute atomic E-state index is 12.6. The lowest BCUT2D eigenvalue weighted by atomic mass is 10.1. The molecular weight excluding hydrogens is 314 g/mol. The highest BCUT2D eigenvalue weighted by Crippen LogP contribution is 2.30. The number of benzene rings is 2. The third kappa shape index (κ3) is 3.99. The minimum atomic E-state index is -0.504. The van der Waals surface area contributed by atoms with Gasteiger partial charge < -0.3 is 16.0 Å². The average molecular weight is 337 g/mol. The van der Waals surface area contributed by atoms with Crippen LogP contribution < -0.4 is 16.0 Å². The summed E-state index contributed by atoms with van der Waals surface area (Å²) in [5, 5.41) is 2.95. The lowest BCUT2D eigenvalue weighted by Crippen LogP contribution is -2.30. The van der Waals surface area contributed by atoms with Crippen molar-refractivity contribution >= 4 is 23.2 Å². The van der Waals surface area contributed by atoms with E-state index in [2.05, 4.69) is 10.2 Å². The Morgan fingerprint density at radius 1 is 0.960 bits per heavy atom. The Bertz CT molecular complexity index is 778. The van der Waals surface area contributed by atoms with Gasteiger partial charge in [-0.25, -0.2) is 0 Å². The van der Waals surface area contributed by atoms with Crippen LogP contribution in [0.15, 0.2) is 42.5 Å². The number of anilines is 2. The van der Waals surface area contributed by atoms with Gasteiger partial charge in [0.1, 0.15) is 0 Å². The molecule has 0 radical (unpaired) electrons. The second-order valence-corrected chi connectivity index (χ2v) is 6.46. The Kier molecular flexibility index (Phi) is 5.03. The van der Waals surface area contributed by atoms with E-state index in [1.54, 1.807) is 24.3 Å². The van der Waals surface area contributed by atoms with Gasteiger partial charge in [-0.15, -0.1) is 0 Å². The number of nitrogens with two attached hydrogens (primary N) is 1. The summed E-state index contributed by atoms with van der Waals surface area (Å²) in [5.41, 5.74) is 9.04. The maximum atomic E-state index is 12.6. The van der Waals surface area contributed by atoms with Crippen molar-refractivity contribution in [3.05, 3.63) is 59.2 Å². The molecule has 0 saturated carbocycles. The molecule has 0 spiro atoms. The van der Waals surface area contributed by atoms with Gasteiger partial charge in [0.05, 0.1) is 11.4 Å². The number of piperidine rings is 1. The average Bonchev–Trinajstić information content (AvgIpc) is 2.63. The van der Waals surface area contributed by atoms with E-state index in [4.69, 9.17) is 5.73 Å². The molecule has 2 aromatic rings. The molecule has 1 heterocycles. The normalized spacial score (nSPS) is 14.2. The topological polar surface area (TPSA) is 75.4 Å². The summed E-state index contributed by atoms with van der Waals surface area (Å²) in [6.45, 7) is 3.87. The molecule has 0 bridgehead atoms. The second-order valence-electron chi connectivity index (χ2n) is 6.46. The number of rotatable bonds is 4. The quantitative estimate of drug-likeness (QED) is 0.898. The number of aryl methyl sites for hydroxylation is 1. The van der Waals surface area contributed by atoms with Crippen molar-refractivity contribution in [2.24, 2.45) is 5.73 Å². The molecule has 2 aromatic carbocycles. The SMILES string of the molecule is Cc1ccc(C(=O)Nc2cc(C(N)=O)ccc2N2CCCCC2)cc1. The number of carbonyl (C=O) groups excluding carboxylic acids is 2. The van der Waals surface area contributed by atoms with Crippen molar-refractivity contribution in [2.75, 3.05) is 23.3 Å². The summed E-state index contributed by atoms with van der Waals surface area (Å²) in [4.78, 5) is 26.4. The number of amides is 2. The van der Waals surface area contributed by atoms with Crippen molar-refractivity contribution in [3.63, 3.8) is 0 Å². The first kappa shape index (κ1) is 17.0. The van der Waals surface area contributed by atoms with Gasteiger partial charge in [-0.05, 0) is 56.5 Å². The molecule has 25 heavy (non-hydrogen) atoms. The number of primary amides is 1. The maximum Gasteiger partial charge on any atom is 0.255 e. The minimum Gasteiger partial charge on any atom is -0.370 e. The van der Waals surface area contributed by atoms with Gasteiger partial charge in [-0.3, -0.25) is 9.59 Å². The molecule has 5 heteroatoms. The van der Waals surface area contributed by atoms with Crippen molar-refractivity contribution < 1.29 is 9.59 Å². The predicted octanol–water partition coefficient (Wildman–Crippen LogP) is 3.34. The van der Waals surface area contributed by atoms with Crippen LogP contribution in [0.3, 0.4) is 0 Å². The van der Waals surface area contributed by atoms with Crippen LogP contribution in [0.2, 0.25) is 0 Å². The van der Waals surface area contributed by atoms with Crippen molar-refractivity contribution in [3.8, 4) is 0 Å². The van der Waals surface area contributed by atoms with Crippen molar-refractivity contribution in [1.82, 2.24) is 0 Å². The van der Waals surface area contributed by atoms with E-state index in [-0.39, 0.29) is 5.91 Å². The van der Waals surface area contributed by atoms with E-state index in [0.29, 0.717) is 16.8 Å². The molecule has 2 amide bonds. The van der Waals surface area contributed by atoms with Crippen LogP contribution >= 0.6 is 0 Å². The fourth-order valence-electron chi connectivity index (χ4n) is 3.10. The zero-order chi connectivity index (χ0) is 17.8. The minimum absolute atomic E-state index is 0.195. The van der Waals surface area contributed by atoms with Gasteiger partial charge in [-0.1, -0.05) is 17.7 Å². The van der Waals surface area contributed by atoms with E-state index in [0.717, 1.165) is 37.2 Å². The molecule has 5 nitrogen and oxygen atoms in total. The number of nitrogens with one attached hydrogen (secondary N) is 1. The number of carbonyl (C=O) groups is 2. The van der Waals surface area contributed by atoms with E-state index in [9.17, 15) is 9.59 Å². The summed E-state index contributed by atoms with van der Waals surface area (Å²) in [6, 6.07) is 12.6. The fraction of sp³-hybridized carbons (Fsp3) is 0.300. The Labute approximate surface area is 147 Å². The number of hydrogen-bond donors (Lipinski definition) is 2. The zero-order valence-corrected chi connectivity index (χ0v) is 14.4. The van der Waals surface area contributed by atoms with Crippen LogP contribution in [0, 0.1) is 6.92 Å². The number of nitrogens with zero attached hydrogens (tertiary/aromatic N) is 1. The highest BCUT2D eigenvalue weighted by molar-refractivity contribution is 6.07. The number of hydrogen-bond acceptors (Lipinski definition) is 3. The monoisotopic (exact) mass is 337 g/mol. The summed E-state index contributed by atoms with van der Waals surface area (Å²) >= 11 is 0. The Balaban J connectivity index is 1.91. The van der Waals surface area contributed by atoms with Crippen LogP contribution in [0.4, 0.5) is 11.4 Å². The molecule has 1 saturated heterocycles. The first-order chi connectivity index (χ1) is 12.0. The third-order valence-corrected chi connectivity index (χ3v) is 4.54. The Morgan fingerprint density at radius 2 is 1.60 bits per heavy atom. The predicted molar refractivity (Wildman–Crippen MR) is 100 cm³/mol. The van der Waals surface area contributed by atoms with Crippen LogP contribution in [-0.4, -0.2) is 24.9 Å². The molecule has 1 fully saturated rings. The largest absolute Gasteiger partial charge is 0.370 e. The third-order valence-electron chi connectivity index (χ3n) is 4.54. The molecule has 0 unspecified atom stereocenters. The highest BCUT2D eigenvalue weighted by Gasteiger charge is 2.18. The van der Waals surface area contributed by atoms with Crippen LogP contribution in [0.25, 0.3) is 0 Å². The first-order valence-corrected chi connectivity index (χ1v) is 8.61. The summed E-state index contributed by atoms with van der Waals surface area (Å²) in [5.74, 6) is -0.698. The Hall–Kier alpha value is -2.82. The zero-order valence-electron chi connectivity index (χ0n) is 14.4. The molecule has 1 aliphatic rings. The van der Waals surface area contributed by atoms with E-state index in [1.165, 1.54) is 6.42 Å². The van der Waals surface area contributed by atoms with Gasteiger partial charge in [0.2, 0.25) is 5.91 Å². The highest BCUT2D eigenvalue weighted by atomic mass is 16.2. The standard InChI is InChI=1S/C20H23N3O2/c1-14-5-7-15(8-6-14)20(25)22-17-13-16(19(21)24)9-10-18(17)23-11-3-2-4-12-23/h5-10,13H,2-4,11-12H2,1H3,(H2,21,24)(H,22,25). The second kappa shape index (κ2) is 7.38. The lowest BCUT2D eigenvalue weighted by molar-refractivity contribution is 0.0996. The van der Waals surface area contributed by atoms with E-state index < -0.39 is 5.91 Å². The first-order valence-electron chi connectivity index (χ1n) is 8.61. The van der Waals surface area contributed by atoms with Gasteiger partial charge in [0, 0.05) is 24.2 Å². The molecule has 0 aromatic heterocycles. The van der Waals surface area contributed by atoms with Crippen LogP contribution in [0.1, 0.15) is 45.5 Å². The molecular formula is C20H23N3O2. The van der Waals surface area contributed by atoms with E-state index in [1.807, 2.05) is 25.1 Å². The lowest BCUT2D eigenvalue weighted by Gasteiger charge is -2.30. The van der Waals surface area contributed by atoms with Crippen molar-refractivity contribution in [1.29, 1.82) is 0 Å². The molecule has 1 aliphatic heterocycles. The molecule has 0 aliphatic carbocycles. The smallest absolute Gasteiger partial charge is 0.255 e.